The van der Waals surface area contributed by atoms with Gasteiger partial charge in [-0.3, -0.25) is 5.32 Å². The molecule has 9 heteroatoms. The molecule has 0 spiro atoms. The maximum Gasteiger partial charge on any atom is 0.412 e. The zero-order valence-electron chi connectivity index (χ0n) is 20.0. The molecule has 0 bridgehead atoms. The number of nitrogens with one attached hydrogen (secondary N) is 1. The topological polar surface area (TPSA) is 97.8 Å². The first-order valence-electron chi connectivity index (χ1n) is 11.0. The van der Waals surface area contributed by atoms with E-state index in [0.717, 1.165) is 10.9 Å². The average Bonchev–Trinajstić information content (AvgIpc) is 2.88. The third-order valence-corrected chi connectivity index (χ3v) is 7.28. The number of pyridine rings is 1. The van der Waals surface area contributed by atoms with Crippen LogP contribution in [0.2, 0.25) is 0 Å². The minimum atomic E-state index is -3.49. The zero-order chi connectivity index (χ0) is 24.7. The number of fused-ring (bicyclic) bond motifs is 2. The van der Waals surface area contributed by atoms with Crippen LogP contribution in [0.15, 0.2) is 47.4 Å². The Morgan fingerprint density at radius 1 is 1.12 bits per heavy atom. The van der Waals surface area contributed by atoms with Crippen LogP contribution in [0.4, 0.5) is 16.3 Å². The van der Waals surface area contributed by atoms with E-state index in [9.17, 15) is 13.2 Å². The van der Waals surface area contributed by atoms with E-state index in [4.69, 9.17) is 14.5 Å². The van der Waals surface area contributed by atoms with E-state index in [0.29, 0.717) is 34.9 Å². The fourth-order valence-corrected chi connectivity index (χ4v) is 5.42. The molecule has 0 radical (unpaired) electrons. The van der Waals surface area contributed by atoms with E-state index < -0.39 is 21.5 Å². The molecule has 2 heterocycles. The van der Waals surface area contributed by atoms with Crippen molar-refractivity contribution >= 4 is 38.3 Å². The lowest BCUT2D eigenvalue weighted by Crippen LogP contribution is -2.28. The van der Waals surface area contributed by atoms with Gasteiger partial charge in [0.15, 0.2) is 9.84 Å². The lowest BCUT2D eigenvalue weighted by molar-refractivity contribution is 0.0636. The van der Waals surface area contributed by atoms with E-state index in [2.05, 4.69) is 5.32 Å². The van der Waals surface area contributed by atoms with Gasteiger partial charge in [-0.15, -0.1) is 0 Å². The van der Waals surface area contributed by atoms with Crippen molar-refractivity contribution in [2.24, 2.45) is 0 Å². The Balaban J connectivity index is 1.76. The third kappa shape index (κ3) is 5.09. The summed E-state index contributed by atoms with van der Waals surface area (Å²) in [4.78, 5) is 19.5. The smallest absolute Gasteiger partial charge is 0.412 e. The van der Waals surface area contributed by atoms with E-state index in [1.807, 2.05) is 30.0 Å². The molecule has 1 amide bonds. The fourth-order valence-electron chi connectivity index (χ4n) is 3.91. The molecular formula is C25H29N3O5S. The Kier molecular flexibility index (Phi) is 6.16. The highest BCUT2D eigenvalue weighted by Gasteiger charge is 2.27. The molecular weight excluding hydrogens is 454 g/mol. The molecule has 0 unspecified atom stereocenters. The summed E-state index contributed by atoms with van der Waals surface area (Å²) in [6.45, 7) is 7.99. The van der Waals surface area contributed by atoms with Gasteiger partial charge in [-0.05, 0) is 57.5 Å². The summed E-state index contributed by atoms with van der Waals surface area (Å²) >= 11 is 0. The minimum absolute atomic E-state index is 0.0599. The van der Waals surface area contributed by atoms with Crippen LogP contribution < -0.4 is 15.0 Å². The van der Waals surface area contributed by atoms with Crippen molar-refractivity contribution in [2.45, 2.75) is 44.7 Å². The summed E-state index contributed by atoms with van der Waals surface area (Å²) in [6.07, 6.45) is -0.566. The molecule has 0 atom stereocenters. The fraction of sp³-hybridized carbons (Fsp3) is 0.360. The first-order valence-corrected chi connectivity index (χ1v) is 12.7. The highest BCUT2D eigenvalue weighted by atomic mass is 32.2. The normalized spacial score (nSPS) is 15.4. The van der Waals surface area contributed by atoms with Crippen molar-refractivity contribution in [3.8, 4) is 5.75 Å². The molecule has 0 saturated heterocycles. The van der Waals surface area contributed by atoms with Crippen LogP contribution in [0.25, 0.3) is 10.9 Å². The number of ether oxygens (including phenoxy) is 2. The van der Waals surface area contributed by atoms with Gasteiger partial charge in [-0.1, -0.05) is 17.7 Å². The number of hydrogen-bond donors (Lipinski definition) is 1. The van der Waals surface area contributed by atoms with Gasteiger partial charge in [-0.2, -0.15) is 0 Å². The van der Waals surface area contributed by atoms with Crippen LogP contribution in [0.3, 0.4) is 0 Å². The SMILES string of the molecule is COc1ccc2c(c1)S(=O)(=O)CCN(c1cc(NC(=O)OC(C)(C)C)c3cc(C)ccc3n1)C2. The molecule has 180 valence electrons. The number of aromatic nitrogens is 1. The highest BCUT2D eigenvalue weighted by Crippen LogP contribution is 2.32. The maximum absolute atomic E-state index is 13.0. The quantitative estimate of drug-likeness (QED) is 0.577. The number of amides is 1. The number of anilines is 2. The van der Waals surface area contributed by atoms with Crippen molar-refractivity contribution in [2.75, 3.05) is 29.6 Å². The summed E-state index contributed by atoms with van der Waals surface area (Å²) in [5.41, 5.74) is 2.30. The molecule has 0 aliphatic carbocycles. The number of carbonyl (C=O) groups is 1. The predicted molar refractivity (Wildman–Crippen MR) is 132 cm³/mol. The summed E-state index contributed by atoms with van der Waals surface area (Å²) in [6, 6.07) is 12.7. The lowest BCUT2D eigenvalue weighted by Gasteiger charge is -2.24. The Labute approximate surface area is 199 Å². The molecule has 0 fully saturated rings. The number of methoxy groups -OCH3 is 1. The zero-order valence-corrected chi connectivity index (χ0v) is 20.8. The molecule has 1 aromatic heterocycles. The number of aryl methyl sites for hydroxylation is 1. The second-order valence-electron chi connectivity index (χ2n) is 9.39. The standard InChI is InChI=1S/C25H29N3O5S/c1-16-6-9-20-19(12-16)21(27-24(29)33-25(2,3)4)14-23(26-20)28-10-11-34(30,31)22-13-18(32-5)8-7-17(22)15-28/h6-9,12-14H,10-11,15H2,1-5H3,(H,26,27,29). The summed E-state index contributed by atoms with van der Waals surface area (Å²) in [5.74, 6) is 1.01. The van der Waals surface area contributed by atoms with Crippen LogP contribution in [0.1, 0.15) is 31.9 Å². The molecule has 4 rings (SSSR count). The van der Waals surface area contributed by atoms with Crippen LogP contribution in [-0.4, -0.2) is 44.5 Å². The third-order valence-electron chi connectivity index (χ3n) is 5.51. The van der Waals surface area contributed by atoms with Crippen molar-refractivity contribution in [3.05, 3.63) is 53.6 Å². The van der Waals surface area contributed by atoms with E-state index >= 15 is 0 Å². The molecule has 0 saturated carbocycles. The molecule has 8 nitrogen and oxygen atoms in total. The van der Waals surface area contributed by atoms with E-state index in [-0.39, 0.29) is 17.2 Å². The Morgan fingerprint density at radius 2 is 1.88 bits per heavy atom. The van der Waals surface area contributed by atoms with Crippen molar-refractivity contribution < 1.29 is 22.7 Å². The largest absolute Gasteiger partial charge is 0.497 e. The number of nitrogens with zero attached hydrogens (tertiary/aromatic N) is 2. The second kappa shape index (κ2) is 8.79. The van der Waals surface area contributed by atoms with Gasteiger partial charge in [0.2, 0.25) is 0 Å². The number of sulfone groups is 1. The average molecular weight is 484 g/mol. The van der Waals surface area contributed by atoms with Gasteiger partial charge in [0.05, 0.1) is 29.0 Å². The van der Waals surface area contributed by atoms with Crippen LogP contribution in [0, 0.1) is 6.92 Å². The first kappa shape index (κ1) is 23.8. The van der Waals surface area contributed by atoms with Gasteiger partial charge in [-0.25, -0.2) is 18.2 Å². The number of carbonyl (C=O) groups excluding carboxylic acids is 1. The summed E-state index contributed by atoms with van der Waals surface area (Å²) in [7, 11) is -1.98. The summed E-state index contributed by atoms with van der Waals surface area (Å²) in [5, 5.41) is 3.63. The van der Waals surface area contributed by atoms with Crippen molar-refractivity contribution in [1.29, 1.82) is 0 Å². The van der Waals surface area contributed by atoms with Crippen molar-refractivity contribution in [3.63, 3.8) is 0 Å². The van der Waals surface area contributed by atoms with E-state index in [1.165, 1.54) is 7.11 Å². The monoisotopic (exact) mass is 483 g/mol. The molecule has 1 aliphatic rings. The van der Waals surface area contributed by atoms with E-state index in [1.54, 1.807) is 45.0 Å². The number of benzene rings is 2. The maximum atomic E-state index is 13.0. The summed E-state index contributed by atoms with van der Waals surface area (Å²) < 4.78 is 36.6. The van der Waals surface area contributed by atoms with Crippen LogP contribution >= 0.6 is 0 Å². The van der Waals surface area contributed by atoms with Gasteiger partial charge < -0.3 is 14.4 Å². The molecule has 3 aromatic rings. The lowest BCUT2D eigenvalue weighted by atomic mass is 10.1. The molecule has 2 aromatic carbocycles. The van der Waals surface area contributed by atoms with Crippen LogP contribution in [0.5, 0.6) is 5.75 Å². The van der Waals surface area contributed by atoms with Crippen LogP contribution in [-0.2, 0) is 21.1 Å². The predicted octanol–water partition coefficient (Wildman–Crippen LogP) is 4.69. The molecule has 1 aliphatic heterocycles. The Morgan fingerprint density at radius 3 is 2.59 bits per heavy atom. The highest BCUT2D eigenvalue weighted by molar-refractivity contribution is 7.91. The molecule has 1 N–H and O–H groups in total. The van der Waals surface area contributed by atoms with Crippen molar-refractivity contribution in [1.82, 2.24) is 4.98 Å². The molecule has 34 heavy (non-hydrogen) atoms. The first-order chi connectivity index (χ1) is 15.9. The Bertz CT molecular complexity index is 1360. The second-order valence-corrected chi connectivity index (χ2v) is 11.5. The van der Waals surface area contributed by atoms with Gasteiger partial charge in [0.1, 0.15) is 17.2 Å². The number of rotatable bonds is 3. The van der Waals surface area contributed by atoms with Gasteiger partial charge in [0, 0.05) is 24.5 Å². The minimum Gasteiger partial charge on any atom is -0.497 e. The van der Waals surface area contributed by atoms with Gasteiger partial charge >= 0.3 is 6.09 Å². The Hall–Kier alpha value is -3.33. The van der Waals surface area contributed by atoms with Gasteiger partial charge in [0.25, 0.3) is 0 Å². The number of hydrogen-bond acceptors (Lipinski definition) is 7.